The highest BCUT2D eigenvalue weighted by molar-refractivity contribution is 5.97. The minimum atomic E-state index is -0.482. The minimum absolute atomic E-state index is 0.137. The van der Waals surface area contributed by atoms with Crippen LogP contribution in [-0.2, 0) is 0 Å². The van der Waals surface area contributed by atoms with Crippen molar-refractivity contribution in [2.75, 3.05) is 6.54 Å². The Labute approximate surface area is 88.7 Å². The highest BCUT2D eigenvalue weighted by Gasteiger charge is 2.08. The summed E-state index contributed by atoms with van der Waals surface area (Å²) in [7, 11) is 0. The number of nitrogens with one attached hydrogen (secondary N) is 1. The molecule has 1 N–H and O–H groups in total. The molecular weight excluding hydrogens is 195 g/mol. The molecule has 0 spiro atoms. The van der Waals surface area contributed by atoms with Crippen molar-refractivity contribution in [3.8, 4) is 0 Å². The molecule has 15 heavy (non-hydrogen) atoms. The topological polar surface area (TPSA) is 42.0 Å². The maximum atomic E-state index is 12.8. The summed E-state index contributed by atoms with van der Waals surface area (Å²) in [6.45, 7) is 4.25. The molecule has 3 nitrogen and oxygen atoms in total. The standard InChI is InChI=1S/C11H15FN2O/c1-3-8(2)14-7-11(15)9-4-10(12)6-13-5-9/h4-6,8,14H,3,7H2,1-2H3. The van der Waals surface area contributed by atoms with E-state index in [2.05, 4.69) is 10.3 Å². The Morgan fingerprint density at radius 2 is 2.33 bits per heavy atom. The van der Waals surface area contributed by atoms with Crippen molar-refractivity contribution in [2.24, 2.45) is 0 Å². The fourth-order valence-electron chi connectivity index (χ4n) is 1.08. The first-order valence-corrected chi connectivity index (χ1v) is 5.00. The zero-order valence-electron chi connectivity index (χ0n) is 8.96. The van der Waals surface area contributed by atoms with Crippen LogP contribution in [-0.4, -0.2) is 23.4 Å². The number of pyridine rings is 1. The molecule has 1 heterocycles. The smallest absolute Gasteiger partial charge is 0.178 e. The van der Waals surface area contributed by atoms with E-state index < -0.39 is 5.82 Å². The number of aromatic nitrogens is 1. The average molecular weight is 210 g/mol. The van der Waals surface area contributed by atoms with Gasteiger partial charge in [-0.05, 0) is 19.4 Å². The summed E-state index contributed by atoms with van der Waals surface area (Å²) in [6.07, 6.45) is 3.41. The number of hydrogen-bond acceptors (Lipinski definition) is 3. The summed E-state index contributed by atoms with van der Waals surface area (Å²) in [5, 5.41) is 3.05. The van der Waals surface area contributed by atoms with Crippen LogP contribution >= 0.6 is 0 Å². The Morgan fingerprint density at radius 1 is 1.60 bits per heavy atom. The van der Waals surface area contributed by atoms with Gasteiger partial charge >= 0.3 is 0 Å². The third kappa shape index (κ3) is 3.75. The van der Waals surface area contributed by atoms with Gasteiger partial charge in [-0.15, -0.1) is 0 Å². The molecule has 0 saturated carbocycles. The number of hydrogen-bond donors (Lipinski definition) is 1. The molecule has 0 bridgehead atoms. The van der Waals surface area contributed by atoms with Crippen LogP contribution in [0.4, 0.5) is 4.39 Å². The number of rotatable bonds is 5. The molecule has 1 aromatic heterocycles. The Hall–Kier alpha value is -1.29. The Kier molecular flexibility index (Phi) is 4.37. The maximum absolute atomic E-state index is 12.8. The number of nitrogens with zero attached hydrogens (tertiary/aromatic N) is 1. The van der Waals surface area contributed by atoms with E-state index in [-0.39, 0.29) is 18.4 Å². The van der Waals surface area contributed by atoms with Gasteiger partial charge in [0.05, 0.1) is 12.7 Å². The van der Waals surface area contributed by atoms with Crippen molar-refractivity contribution in [3.05, 3.63) is 29.8 Å². The van der Waals surface area contributed by atoms with Gasteiger partial charge in [0.1, 0.15) is 5.82 Å². The molecule has 1 unspecified atom stereocenters. The highest BCUT2D eigenvalue weighted by Crippen LogP contribution is 2.01. The van der Waals surface area contributed by atoms with Crippen molar-refractivity contribution in [1.29, 1.82) is 0 Å². The van der Waals surface area contributed by atoms with E-state index in [1.807, 2.05) is 13.8 Å². The first-order valence-electron chi connectivity index (χ1n) is 5.00. The van der Waals surface area contributed by atoms with Gasteiger partial charge in [0.2, 0.25) is 0 Å². The van der Waals surface area contributed by atoms with Gasteiger partial charge in [-0.3, -0.25) is 9.78 Å². The van der Waals surface area contributed by atoms with Crippen LogP contribution in [0.25, 0.3) is 0 Å². The second-order valence-corrected chi connectivity index (χ2v) is 3.51. The predicted molar refractivity (Wildman–Crippen MR) is 56.3 cm³/mol. The van der Waals surface area contributed by atoms with Crippen molar-refractivity contribution in [1.82, 2.24) is 10.3 Å². The Bertz CT molecular complexity index is 341. The van der Waals surface area contributed by atoms with E-state index in [9.17, 15) is 9.18 Å². The first kappa shape index (κ1) is 11.8. The summed E-state index contributed by atoms with van der Waals surface area (Å²) in [4.78, 5) is 15.2. The van der Waals surface area contributed by atoms with Crippen molar-refractivity contribution >= 4 is 5.78 Å². The monoisotopic (exact) mass is 210 g/mol. The minimum Gasteiger partial charge on any atom is -0.307 e. The highest BCUT2D eigenvalue weighted by atomic mass is 19.1. The van der Waals surface area contributed by atoms with Crippen molar-refractivity contribution < 1.29 is 9.18 Å². The zero-order valence-corrected chi connectivity index (χ0v) is 8.96. The van der Waals surface area contributed by atoms with Crippen LogP contribution in [0.5, 0.6) is 0 Å². The summed E-state index contributed by atoms with van der Waals surface area (Å²) in [5.74, 6) is -0.619. The fourth-order valence-corrected chi connectivity index (χ4v) is 1.08. The van der Waals surface area contributed by atoms with E-state index in [0.717, 1.165) is 12.6 Å². The fraction of sp³-hybridized carbons (Fsp3) is 0.455. The molecule has 0 aliphatic rings. The van der Waals surface area contributed by atoms with E-state index in [4.69, 9.17) is 0 Å². The van der Waals surface area contributed by atoms with Gasteiger partial charge in [0.15, 0.2) is 5.78 Å². The van der Waals surface area contributed by atoms with Gasteiger partial charge in [-0.2, -0.15) is 0 Å². The number of carbonyl (C=O) groups is 1. The number of ketones is 1. The Morgan fingerprint density at radius 3 is 2.93 bits per heavy atom. The maximum Gasteiger partial charge on any atom is 0.178 e. The summed E-state index contributed by atoms with van der Waals surface area (Å²) in [5.41, 5.74) is 0.311. The normalized spacial score (nSPS) is 12.5. The van der Waals surface area contributed by atoms with Crippen LogP contribution < -0.4 is 5.32 Å². The van der Waals surface area contributed by atoms with Gasteiger partial charge in [0, 0.05) is 17.8 Å². The number of halogens is 1. The molecule has 1 rings (SSSR count). The molecule has 0 aromatic carbocycles. The summed E-state index contributed by atoms with van der Waals surface area (Å²) < 4.78 is 12.8. The lowest BCUT2D eigenvalue weighted by atomic mass is 10.1. The lowest BCUT2D eigenvalue weighted by Gasteiger charge is -2.09. The molecule has 0 aliphatic heterocycles. The molecule has 1 atom stereocenters. The van der Waals surface area contributed by atoms with Crippen LogP contribution in [0.1, 0.15) is 30.6 Å². The SMILES string of the molecule is CCC(C)NCC(=O)c1cncc(F)c1. The molecule has 0 saturated heterocycles. The third-order valence-electron chi connectivity index (χ3n) is 2.25. The van der Waals surface area contributed by atoms with Crippen LogP contribution in [0.3, 0.4) is 0 Å². The van der Waals surface area contributed by atoms with E-state index in [0.29, 0.717) is 5.56 Å². The lowest BCUT2D eigenvalue weighted by molar-refractivity contribution is 0.0987. The third-order valence-corrected chi connectivity index (χ3v) is 2.25. The molecular formula is C11H15FN2O. The van der Waals surface area contributed by atoms with E-state index in [1.54, 1.807) is 0 Å². The lowest BCUT2D eigenvalue weighted by Crippen LogP contribution is -2.30. The molecule has 0 fully saturated rings. The molecule has 1 aromatic rings. The molecule has 0 aliphatic carbocycles. The number of carbonyl (C=O) groups excluding carboxylic acids is 1. The largest absolute Gasteiger partial charge is 0.307 e. The van der Waals surface area contributed by atoms with Gasteiger partial charge in [-0.1, -0.05) is 6.92 Å². The molecule has 4 heteroatoms. The second kappa shape index (κ2) is 5.56. The summed E-state index contributed by atoms with van der Waals surface area (Å²) >= 11 is 0. The summed E-state index contributed by atoms with van der Waals surface area (Å²) in [6, 6.07) is 1.49. The molecule has 0 amide bonds. The van der Waals surface area contributed by atoms with Crippen molar-refractivity contribution in [3.63, 3.8) is 0 Å². The van der Waals surface area contributed by atoms with Crippen LogP contribution in [0.2, 0.25) is 0 Å². The van der Waals surface area contributed by atoms with Crippen molar-refractivity contribution in [2.45, 2.75) is 26.3 Å². The Balaban J connectivity index is 2.54. The van der Waals surface area contributed by atoms with Crippen LogP contribution in [0, 0.1) is 5.82 Å². The van der Waals surface area contributed by atoms with E-state index in [1.165, 1.54) is 12.3 Å². The van der Waals surface area contributed by atoms with E-state index >= 15 is 0 Å². The predicted octanol–water partition coefficient (Wildman–Crippen LogP) is 1.79. The van der Waals surface area contributed by atoms with Gasteiger partial charge in [-0.25, -0.2) is 4.39 Å². The average Bonchev–Trinajstić information content (AvgIpc) is 2.25. The molecule has 0 radical (unpaired) electrons. The van der Waals surface area contributed by atoms with Crippen LogP contribution in [0.15, 0.2) is 18.5 Å². The first-order chi connectivity index (χ1) is 7.13. The van der Waals surface area contributed by atoms with Gasteiger partial charge < -0.3 is 5.32 Å². The number of Topliss-reactive ketones (excluding diaryl/α,β-unsaturated/α-hetero) is 1. The second-order valence-electron chi connectivity index (χ2n) is 3.51. The quantitative estimate of drug-likeness (QED) is 0.753. The molecule has 82 valence electrons. The van der Waals surface area contributed by atoms with Gasteiger partial charge in [0.25, 0.3) is 0 Å². The zero-order chi connectivity index (χ0) is 11.3.